The van der Waals surface area contributed by atoms with Crippen molar-refractivity contribution < 1.29 is 9.53 Å². The molecule has 1 saturated heterocycles. The van der Waals surface area contributed by atoms with Crippen molar-refractivity contribution in [3.63, 3.8) is 0 Å². The van der Waals surface area contributed by atoms with Crippen molar-refractivity contribution in [2.75, 3.05) is 20.2 Å². The molecule has 19 heavy (non-hydrogen) atoms. The fourth-order valence-electron chi connectivity index (χ4n) is 2.37. The molecule has 0 aliphatic carbocycles. The second kappa shape index (κ2) is 6.87. The van der Waals surface area contributed by atoms with Crippen LogP contribution in [0.25, 0.3) is 0 Å². The summed E-state index contributed by atoms with van der Waals surface area (Å²) in [7, 11) is 1.43. The first-order valence-electron chi connectivity index (χ1n) is 6.76. The van der Waals surface area contributed by atoms with Crippen LogP contribution in [0.4, 0.5) is 0 Å². The molecule has 3 nitrogen and oxygen atoms in total. The minimum Gasteiger partial charge on any atom is -0.465 e. The lowest BCUT2D eigenvalue weighted by Gasteiger charge is -2.15. The highest BCUT2D eigenvalue weighted by Crippen LogP contribution is 2.24. The lowest BCUT2D eigenvalue weighted by Crippen LogP contribution is -2.23. The number of aryl methyl sites for hydroxylation is 1. The fourth-order valence-corrected chi connectivity index (χ4v) is 3.43. The van der Waals surface area contributed by atoms with Crippen LogP contribution in [0.2, 0.25) is 0 Å². The number of ether oxygens (including phenoxy) is 1. The van der Waals surface area contributed by atoms with Crippen molar-refractivity contribution in [3.05, 3.63) is 33.0 Å². The van der Waals surface area contributed by atoms with Gasteiger partial charge < -0.3 is 10.1 Å². The standard InChI is InChI=1S/C15H21NO2S/c1-11-13(15(17)18-2)10-19-14(11)5-3-4-12-6-8-16-9-7-12/h4,10,16H,3,5-9H2,1-2H3. The van der Waals surface area contributed by atoms with E-state index in [4.69, 9.17) is 4.74 Å². The van der Waals surface area contributed by atoms with E-state index >= 15 is 0 Å². The van der Waals surface area contributed by atoms with E-state index < -0.39 is 0 Å². The van der Waals surface area contributed by atoms with Crippen LogP contribution in [0.1, 0.15) is 40.1 Å². The zero-order valence-electron chi connectivity index (χ0n) is 11.6. The van der Waals surface area contributed by atoms with Gasteiger partial charge in [-0.1, -0.05) is 11.6 Å². The Morgan fingerprint density at radius 3 is 2.89 bits per heavy atom. The van der Waals surface area contributed by atoms with Crippen LogP contribution < -0.4 is 5.32 Å². The van der Waals surface area contributed by atoms with E-state index in [2.05, 4.69) is 11.4 Å². The summed E-state index contributed by atoms with van der Waals surface area (Å²) in [5, 5.41) is 5.27. The maximum atomic E-state index is 11.5. The van der Waals surface area contributed by atoms with E-state index in [1.165, 1.54) is 24.8 Å². The molecular weight excluding hydrogens is 258 g/mol. The normalized spacial score (nSPS) is 15.4. The summed E-state index contributed by atoms with van der Waals surface area (Å²) in [6.07, 6.45) is 6.81. The van der Waals surface area contributed by atoms with Crippen LogP contribution in [0.15, 0.2) is 17.0 Å². The zero-order valence-corrected chi connectivity index (χ0v) is 12.4. The number of rotatable bonds is 4. The molecule has 1 aliphatic heterocycles. The zero-order chi connectivity index (χ0) is 13.7. The maximum absolute atomic E-state index is 11.5. The quantitative estimate of drug-likeness (QED) is 0.680. The van der Waals surface area contributed by atoms with Gasteiger partial charge in [-0.2, -0.15) is 0 Å². The SMILES string of the molecule is COC(=O)c1csc(CCC=C2CCNCC2)c1C. The Hall–Kier alpha value is -1.13. The molecule has 0 spiro atoms. The third-order valence-corrected chi connectivity index (χ3v) is 4.75. The molecule has 0 amide bonds. The Bertz CT molecular complexity index is 468. The molecule has 0 bridgehead atoms. The second-order valence-corrected chi connectivity index (χ2v) is 5.80. The summed E-state index contributed by atoms with van der Waals surface area (Å²) in [6, 6.07) is 0. The highest BCUT2D eigenvalue weighted by atomic mass is 32.1. The number of piperidine rings is 1. The van der Waals surface area contributed by atoms with Crippen molar-refractivity contribution in [2.24, 2.45) is 0 Å². The molecule has 1 N–H and O–H groups in total. The predicted octanol–water partition coefficient (Wildman–Crippen LogP) is 3.09. The molecule has 0 unspecified atom stereocenters. The number of esters is 1. The summed E-state index contributed by atoms with van der Waals surface area (Å²) in [5.74, 6) is -0.225. The van der Waals surface area contributed by atoms with Crippen LogP contribution in [-0.2, 0) is 11.2 Å². The first-order chi connectivity index (χ1) is 9.22. The number of methoxy groups -OCH3 is 1. The summed E-state index contributed by atoms with van der Waals surface area (Å²) >= 11 is 1.66. The van der Waals surface area contributed by atoms with Crippen molar-refractivity contribution in [3.8, 4) is 0 Å². The average molecular weight is 279 g/mol. The Labute approximate surface area is 118 Å². The van der Waals surface area contributed by atoms with Crippen LogP contribution in [0.3, 0.4) is 0 Å². The Balaban J connectivity index is 1.92. The topological polar surface area (TPSA) is 38.3 Å². The van der Waals surface area contributed by atoms with Gasteiger partial charge in [0.1, 0.15) is 0 Å². The molecule has 1 aromatic rings. The van der Waals surface area contributed by atoms with Crippen molar-refractivity contribution in [1.82, 2.24) is 5.32 Å². The summed E-state index contributed by atoms with van der Waals surface area (Å²) in [6.45, 7) is 4.22. The Morgan fingerprint density at radius 1 is 1.47 bits per heavy atom. The number of carbonyl (C=O) groups is 1. The maximum Gasteiger partial charge on any atom is 0.338 e. The van der Waals surface area contributed by atoms with Gasteiger partial charge in [0.15, 0.2) is 0 Å². The Kier molecular flexibility index (Phi) is 5.16. The number of nitrogens with one attached hydrogen (secondary N) is 1. The molecule has 0 atom stereocenters. The third-order valence-electron chi connectivity index (χ3n) is 3.60. The van der Waals surface area contributed by atoms with Crippen molar-refractivity contribution in [2.45, 2.75) is 32.6 Å². The summed E-state index contributed by atoms with van der Waals surface area (Å²) in [4.78, 5) is 12.8. The number of thiophene rings is 1. The fraction of sp³-hybridized carbons (Fsp3) is 0.533. The van der Waals surface area contributed by atoms with E-state index in [0.717, 1.165) is 37.1 Å². The van der Waals surface area contributed by atoms with Crippen molar-refractivity contribution >= 4 is 17.3 Å². The van der Waals surface area contributed by atoms with Gasteiger partial charge in [0.05, 0.1) is 12.7 Å². The monoisotopic (exact) mass is 279 g/mol. The Morgan fingerprint density at radius 2 is 2.21 bits per heavy atom. The molecule has 2 heterocycles. The van der Waals surface area contributed by atoms with Crippen molar-refractivity contribution in [1.29, 1.82) is 0 Å². The molecule has 1 aromatic heterocycles. The van der Waals surface area contributed by atoms with E-state index in [1.807, 2.05) is 12.3 Å². The van der Waals surface area contributed by atoms with Gasteiger partial charge in [-0.15, -0.1) is 11.3 Å². The highest BCUT2D eigenvalue weighted by molar-refractivity contribution is 7.10. The van der Waals surface area contributed by atoms with Crippen LogP contribution in [0, 0.1) is 6.92 Å². The van der Waals surface area contributed by atoms with Gasteiger partial charge in [-0.05, 0) is 51.3 Å². The van der Waals surface area contributed by atoms with E-state index in [9.17, 15) is 4.79 Å². The van der Waals surface area contributed by atoms with Gasteiger partial charge in [0.2, 0.25) is 0 Å². The largest absolute Gasteiger partial charge is 0.465 e. The second-order valence-electron chi connectivity index (χ2n) is 4.84. The van der Waals surface area contributed by atoms with Gasteiger partial charge in [0.25, 0.3) is 0 Å². The van der Waals surface area contributed by atoms with Gasteiger partial charge >= 0.3 is 5.97 Å². The van der Waals surface area contributed by atoms with Gasteiger partial charge in [-0.3, -0.25) is 0 Å². The smallest absolute Gasteiger partial charge is 0.338 e. The number of allylic oxidation sites excluding steroid dienone is 1. The molecule has 0 aromatic carbocycles. The molecule has 4 heteroatoms. The summed E-state index contributed by atoms with van der Waals surface area (Å²) in [5.41, 5.74) is 3.37. The van der Waals surface area contributed by atoms with Gasteiger partial charge in [-0.25, -0.2) is 4.79 Å². The van der Waals surface area contributed by atoms with E-state index in [-0.39, 0.29) is 5.97 Å². The lowest BCUT2D eigenvalue weighted by molar-refractivity contribution is 0.0600. The lowest BCUT2D eigenvalue weighted by atomic mass is 10.0. The number of carbonyl (C=O) groups excluding carboxylic acids is 1. The first-order valence-corrected chi connectivity index (χ1v) is 7.64. The molecule has 2 rings (SSSR count). The molecule has 0 saturated carbocycles. The molecule has 104 valence electrons. The summed E-state index contributed by atoms with van der Waals surface area (Å²) < 4.78 is 4.78. The molecule has 1 aliphatic rings. The molecular formula is C15H21NO2S. The number of hydrogen-bond acceptors (Lipinski definition) is 4. The van der Waals surface area contributed by atoms with Crippen LogP contribution >= 0.6 is 11.3 Å². The molecule has 0 radical (unpaired) electrons. The highest BCUT2D eigenvalue weighted by Gasteiger charge is 2.14. The van der Waals surface area contributed by atoms with Crippen LogP contribution in [-0.4, -0.2) is 26.2 Å². The predicted molar refractivity (Wildman–Crippen MR) is 78.9 cm³/mol. The first kappa shape index (κ1) is 14.3. The minimum absolute atomic E-state index is 0.225. The number of hydrogen-bond donors (Lipinski definition) is 1. The molecule has 1 fully saturated rings. The minimum atomic E-state index is -0.225. The van der Waals surface area contributed by atoms with E-state index in [0.29, 0.717) is 0 Å². The average Bonchev–Trinajstić information content (AvgIpc) is 2.81. The van der Waals surface area contributed by atoms with Gasteiger partial charge in [0, 0.05) is 10.3 Å². The van der Waals surface area contributed by atoms with Crippen LogP contribution in [0.5, 0.6) is 0 Å². The van der Waals surface area contributed by atoms with E-state index in [1.54, 1.807) is 16.9 Å². The third kappa shape index (κ3) is 3.67.